The highest BCUT2D eigenvalue weighted by molar-refractivity contribution is 7.93. The number of carboxylic acid groups (broad SMARTS) is 1. The quantitative estimate of drug-likeness (QED) is 0.641. The third-order valence-corrected chi connectivity index (χ3v) is 6.75. The number of imidazole rings is 1. The number of thiophene rings is 1. The van der Waals surface area contributed by atoms with Gasteiger partial charge in [0.25, 0.3) is 0 Å². The van der Waals surface area contributed by atoms with E-state index in [1.54, 1.807) is 0 Å². The third kappa shape index (κ3) is 3.30. The first kappa shape index (κ1) is 18.0. The van der Waals surface area contributed by atoms with Crippen LogP contribution in [0, 0.1) is 5.95 Å². The molecule has 0 aromatic carbocycles. The van der Waals surface area contributed by atoms with Gasteiger partial charge in [0.2, 0.25) is 20.9 Å². The molecule has 11 heteroatoms. The van der Waals surface area contributed by atoms with Gasteiger partial charge in [0, 0.05) is 41.6 Å². The number of halogens is 1. The fraction of sp³-hybridized carbons (Fsp3) is 0.133. The molecule has 0 fully saturated rings. The summed E-state index contributed by atoms with van der Waals surface area (Å²) < 4.78 is 39.8. The van der Waals surface area contributed by atoms with Crippen LogP contribution in [0.2, 0.25) is 0 Å². The fourth-order valence-electron chi connectivity index (χ4n) is 2.26. The van der Waals surface area contributed by atoms with Crippen LogP contribution in [0.1, 0.15) is 4.88 Å². The van der Waals surface area contributed by atoms with E-state index in [2.05, 4.69) is 15.0 Å². The average molecular weight is 396 g/mol. The number of pyridine rings is 1. The van der Waals surface area contributed by atoms with Crippen LogP contribution in [0.3, 0.4) is 0 Å². The average Bonchev–Trinajstić information content (AvgIpc) is 3.25. The lowest BCUT2D eigenvalue weighted by atomic mass is 10.1. The summed E-state index contributed by atoms with van der Waals surface area (Å²) in [4.78, 5) is 22.3. The van der Waals surface area contributed by atoms with Crippen LogP contribution in [-0.4, -0.2) is 46.5 Å². The van der Waals surface area contributed by atoms with E-state index >= 15 is 0 Å². The van der Waals surface area contributed by atoms with Gasteiger partial charge in [0.05, 0.1) is 6.54 Å². The van der Waals surface area contributed by atoms with E-state index in [1.165, 1.54) is 43.8 Å². The van der Waals surface area contributed by atoms with Gasteiger partial charge in [-0.2, -0.15) is 4.39 Å². The molecule has 3 heterocycles. The summed E-state index contributed by atoms with van der Waals surface area (Å²) in [6.07, 6.45) is 2.75. The van der Waals surface area contributed by atoms with Gasteiger partial charge in [-0.05, 0) is 18.2 Å². The van der Waals surface area contributed by atoms with Crippen LogP contribution in [0.25, 0.3) is 11.1 Å². The van der Waals surface area contributed by atoms with E-state index in [9.17, 15) is 17.6 Å². The van der Waals surface area contributed by atoms with Gasteiger partial charge >= 0.3 is 6.09 Å². The zero-order valence-electron chi connectivity index (χ0n) is 13.4. The molecule has 8 nitrogen and oxygen atoms in total. The van der Waals surface area contributed by atoms with Gasteiger partial charge in [-0.25, -0.2) is 23.2 Å². The summed E-state index contributed by atoms with van der Waals surface area (Å²) in [6, 6.07) is 4.36. The highest BCUT2D eigenvalue weighted by Gasteiger charge is 2.29. The van der Waals surface area contributed by atoms with Crippen LogP contribution in [0.15, 0.2) is 46.2 Å². The number of nitrogens with zero attached hydrogens (tertiary/aromatic N) is 3. The summed E-state index contributed by atoms with van der Waals surface area (Å²) in [5, 5.41) is 8.74. The molecular weight excluding hydrogens is 383 g/mol. The van der Waals surface area contributed by atoms with Gasteiger partial charge in [0.15, 0.2) is 0 Å². The van der Waals surface area contributed by atoms with E-state index in [0.717, 1.165) is 16.2 Å². The van der Waals surface area contributed by atoms with Crippen molar-refractivity contribution < 1.29 is 22.7 Å². The second kappa shape index (κ2) is 6.84. The van der Waals surface area contributed by atoms with Crippen LogP contribution in [0.5, 0.6) is 0 Å². The first-order chi connectivity index (χ1) is 12.3. The lowest BCUT2D eigenvalue weighted by molar-refractivity contribution is 0.154. The van der Waals surface area contributed by atoms with E-state index in [-0.39, 0.29) is 27.0 Å². The summed E-state index contributed by atoms with van der Waals surface area (Å²) in [5.41, 5.74) is 0.129. The van der Waals surface area contributed by atoms with Crippen molar-refractivity contribution in [3.8, 4) is 11.1 Å². The smallest absolute Gasteiger partial charge is 0.407 e. The summed E-state index contributed by atoms with van der Waals surface area (Å²) in [6.45, 7) is -0.0391. The predicted molar refractivity (Wildman–Crippen MR) is 91.0 cm³/mol. The molecule has 26 heavy (non-hydrogen) atoms. The molecule has 0 aliphatic rings. The Bertz CT molecular complexity index is 1050. The van der Waals surface area contributed by atoms with Crippen molar-refractivity contribution in [1.29, 1.82) is 0 Å². The molecule has 1 amide bonds. The molecule has 0 saturated carbocycles. The minimum Gasteiger partial charge on any atom is -0.465 e. The number of amides is 1. The van der Waals surface area contributed by atoms with Crippen LogP contribution >= 0.6 is 11.3 Å². The van der Waals surface area contributed by atoms with Crippen molar-refractivity contribution in [2.75, 3.05) is 7.05 Å². The van der Waals surface area contributed by atoms with E-state index < -0.39 is 21.9 Å². The number of rotatable bonds is 5. The molecule has 3 rings (SSSR count). The number of H-pyrrole nitrogens is 1. The molecule has 0 spiro atoms. The fourth-order valence-corrected chi connectivity index (χ4v) is 5.27. The van der Waals surface area contributed by atoms with Gasteiger partial charge < -0.3 is 15.0 Å². The lowest BCUT2D eigenvalue weighted by Crippen LogP contribution is -2.23. The molecule has 0 saturated heterocycles. The maximum absolute atomic E-state index is 14.2. The van der Waals surface area contributed by atoms with E-state index in [0.29, 0.717) is 4.88 Å². The molecule has 0 atom stereocenters. The van der Waals surface area contributed by atoms with Gasteiger partial charge in [0.1, 0.15) is 4.21 Å². The monoisotopic (exact) mass is 396 g/mol. The number of sulfone groups is 1. The Labute approximate surface area is 151 Å². The van der Waals surface area contributed by atoms with Crippen molar-refractivity contribution in [3.63, 3.8) is 0 Å². The van der Waals surface area contributed by atoms with Crippen LogP contribution in [-0.2, 0) is 16.4 Å². The highest BCUT2D eigenvalue weighted by atomic mass is 32.2. The number of hydrogen-bond acceptors (Lipinski definition) is 6. The molecule has 0 aliphatic carbocycles. The lowest BCUT2D eigenvalue weighted by Gasteiger charge is -2.10. The minimum atomic E-state index is -4.03. The zero-order chi connectivity index (χ0) is 18.9. The van der Waals surface area contributed by atoms with E-state index in [1.807, 2.05) is 0 Å². The molecule has 3 aromatic heterocycles. The van der Waals surface area contributed by atoms with Crippen molar-refractivity contribution in [2.24, 2.45) is 0 Å². The number of nitrogens with one attached hydrogen (secondary N) is 1. The molecule has 0 bridgehead atoms. The van der Waals surface area contributed by atoms with Crippen molar-refractivity contribution in [1.82, 2.24) is 19.9 Å². The summed E-state index contributed by atoms with van der Waals surface area (Å²) in [7, 11) is -2.68. The standard InChI is InChI=1S/C15H13FN4O4S2/c1-20(15(21)22)8-9-7-11(10-3-2-4-17-12(10)16)13(25-9)26(23,24)14-18-5-6-19-14/h2-7H,8H2,1H3,(H,18,19)(H,21,22). The molecule has 0 unspecified atom stereocenters. The van der Waals surface area contributed by atoms with Crippen LogP contribution < -0.4 is 0 Å². The van der Waals surface area contributed by atoms with E-state index in [4.69, 9.17) is 5.11 Å². The zero-order valence-corrected chi connectivity index (χ0v) is 15.0. The SMILES string of the molecule is CN(Cc1cc(-c2cccnc2F)c(S(=O)(=O)c2ncc[nH]2)s1)C(=O)O. The third-order valence-electron chi connectivity index (χ3n) is 3.49. The Balaban J connectivity index is 2.17. The Hall–Kier alpha value is -2.79. The first-order valence-corrected chi connectivity index (χ1v) is 9.53. The second-order valence-electron chi connectivity index (χ2n) is 5.29. The molecular formula is C15H13FN4O4S2. The molecule has 0 radical (unpaired) electrons. The Kier molecular flexibility index (Phi) is 4.74. The van der Waals surface area contributed by atoms with Crippen molar-refractivity contribution >= 4 is 27.3 Å². The van der Waals surface area contributed by atoms with Crippen LogP contribution in [0.4, 0.5) is 9.18 Å². The summed E-state index contributed by atoms with van der Waals surface area (Å²) >= 11 is 0.867. The Morgan fingerprint density at radius 1 is 1.35 bits per heavy atom. The predicted octanol–water partition coefficient (Wildman–Crippen LogP) is 2.61. The topological polar surface area (TPSA) is 116 Å². The minimum absolute atomic E-state index is 0.0121. The highest BCUT2D eigenvalue weighted by Crippen LogP contribution is 2.38. The first-order valence-electron chi connectivity index (χ1n) is 7.23. The Morgan fingerprint density at radius 2 is 2.12 bits per heavy atom. The largest absolute Gasteiger partial charge is 0.465 e. The van der Waals surface area contributed by atoms with Crippen molar-refractivity contribution in [2.45, 2.75) is 15.9 Å². The molecule has 3 aromatic rings. The Morgan fingerprint density at radius 3 is 2.73 bits per heavy atom. The molecule has 0 aliphatic heterocycles. The molecule has 136 valence electrons. The van der Waals surface area contributed by atoms with Crippen molar-refractivity contribution in [3.05, 3.63) is 47.6 Å². The van der Waals surface area contributed by atoms with Gasteiger partial charge in [-0.3, -0.25) is 0 Å². The number of aromatic amines is 1. The number of aromatic nitrogens is 3. The second-order valence-corrected chi connectivity index (χ2v) is 8.49. The number of hydrogen-bond donors (Lipinski definition) is 2. The number of carbonyl (C=O) groups is 1. The maximum Gasteiger partial charge on any atom is 0.407 e. The van der Waals surface area contributed by atoms with Gasteiger partial charge in [-0.15, -0.1) is 11.3 Å². The normalized spacial score (nSPS) is 11.5. The molecule has 2 N–H and O–H groups in total. The summed E-state index contributed by atoms with van der Waals surface area (Å²) in [5.74, 6) is -0.820. The van der Waals surface area contributed by atoms with Gasteiger partial charge in [-0.1, -0.05) is 0 Å². The maximum atomic E-state index is 14.2.